The number of rotatable bonds is 6. The summed E-state index contributed by atoms with van der Waals surface area (Å²) in [5.41, 5.74) is -2.27. The van der Waals surface area contributed by atoms with Crippen molar-refractivity contribution in [2.45, 2.75) is 20.8 Å². The lowest BCUT2D eigenvalue weighted by Crippen LogP contribution is -2.99. The van der Waals surface area contributed by atoms with E-state index < -0.39 is 75.1 Å². The lowest BCUT2D eigenvalue weighted by Gasteiger charge is -2.55. The second kappa shape index (κ2) is 9.87. The van der Waals surface area contributed by atoms with Crippen LogP contribution < -0.4 is 20.3 Å². The van der Waals surface area contributed by atoms with E-state index in [1.165, 1.54) is 55.5 Å². The number of amides is 4. The Bertz CT molecular complexity index is 1540. The summed E-state index contributed by atoms with van der Waals surface area (Å²) < 4.78 is 5.34. The maximum absolute atomic E-state index is 14.3. The number of hydrogen-bond donors (Lipinski definition) is 4. The number of nitrogens with one attached hydrogen (secondary N) is 2. The number of quaternary nitrogens is 2. The van der Waals surface area contributed by atoms with E-state index in [1.54, 1.807) is 13.8 Å². The number of hydrogen-bond acceptors (Lipinski definition) is 10. The topological polar surface area (TPSA) is 197 Å². The molecule has 4 N–H and O–H groups in total. The molecule has 2 saturated heterocycles. The molecule has 6 unspecified atom stereocenters. The van der Waals surface area contributed by atoms with Gasteiger partial charge in [0.05, 0.1) is 30.3 Å². The number of para-hydroxylation sites is 4. The molecule has 4 amide bonds. The lowest BCUT2D eigenvalue weighted by molar-refractivity contribution is -0.990. The molecule has 2 aromatic rings. The molecule has 2 aliphatic heterocycles. The van der Waals surface area contributed by atoms with E-state index >= 15 is 0 Å². The fraction of sp³-hybridized carbons (Fsp3) is 0.345. The number of ether oxygens (including phenoxy) is 1. The van der Waals surface area contributed by atoms with Crippen LogP contribution in [0.1, 0.15) is 20.8 Å². The number of allylic oxidation sites excluding steroid dienone is 1. The summed E-state index contributed by atoms with van der Waals surface area (Å²) in [5, 5.41) is 40.9. The predicted molar refractivity (Wildman–Crippen MR) is 144 cm³/mol. The first-order valence-electron chi connectivity index (χ1n) is 13.7. The smallest absolute Gasteiger partial charge is 0.334 e. The fourth-order valence-corrected chi connectivity index (χ4v) is 7.98. The van der Waals surface area contributed by atoms with Crippen molar-refractivity contribution in [3.63, 3.8) is 0 Å². The van der Waals surface area contributed by atoms with E-state index in [2.05, 4.69) is 0 Å². The molecular weight excluding hydrogens is 564 g/mol. The van der Waals surface area contributed by atoms with Crippen molar-refractivity contribution in [1.29, 1.82) is 0 Å². The molecule has 224 valence electrons. The van der Waals surface area contributed by atoms with E-state index in [9.17, 15) is 44.8 Å². The van der Waals surface area contributed by atoms with E-state index in [4.69, 9.17) is 4.74 Å². The first-order valence-corrected chi connectivity index (χ1v) is 13.7. The zero-order valence-electron chi connectivity index (χ0n) is 23.3. The molecule has 43 heavy (non-hydrogen) atoms. The van der Waals surface area contributed by atoms with Crippen LogP contribution in [0.2, 0.25) is 0 Å². The van der Waals surface area contributed by atoms with Gasteiger partial charge in [-0.25, -0.2) is 25.0 Å². The van der Waals surface area contributed by atoms with Crippen molar-refractivity contribution in [1.82, 2.24) is 0 Å². The lowest BCUT2D eigenvalue weighted by atomic mass is 9.43. The summed E-state index contributed by atoms with van der Waals surface area (Å²) in [6.45, 7) is 4.63. The number of nitrogens with zero attached hydrogens (tertiary/aromatic N) is 2. The van der Waals surface area contributed by atoms with E-state index in [1.807, 2.05) is 0 Å². The van der Waals surface area contributed by atoms with Crippen molar-refractivity contribution < 1.29 is 49.6 Å². The van der Waals surface area contributed by atoms with Gasteiger partial charge in [-0.05, 0) is 26.0 Å². The van der Waals surface area contributed by atoms with Crippen molar-refractivity contribution >= 4 is 52.3 Å². The van der Waals surface area contributed by atoms with E-state index in [0.29, 0.717) is 5.57 Å². The number of esters is 1. The quantitative estimate of drug-likeness (QED) is 0.200. The molecule has 1 saturated carbocycles. The third kappa shape index (κ3) is 3.65. The Kier molecular flexibility index (Phi) is 6.61. The zero-order valence-corrected chi connectivity index (χ0v) is 23.3. The third-order valence-electron chi connectivity index (χ3n) is 9.43. The molecule has 0 aromatic heterocycles. The second-order valence-corrected chi connectivity index (χ2v) is 11.3. The van der Waals surface area contributed by atoms with Crippen LogP contribution in [0.5, 0.6) is 0 Å². The molecule has 0 spiro atoms. The van der Waals surface area contributed by atoms with Gasteiger partial charge >= 0.3 is 5.97 Å². The first-order chi connectivity index (χ1) is 20.4. The SMILES string of the molecule is CCOC(=O)C1=C(C)C2C3C(=O)N(c4ccccc4[NH+]([O-])O)C(=O)C3C1(C)C1C(=O)N(c3ccccc3[NH+]([O-])O)C(=O)C21. The molecule has 7 rings (SSSR count). The molecular formula is C29H28N4O10. The minimum atomic E-state index is -1.72. The van der Waals surface area contributed by atoms with Crippen LogP contribution >= 0.6 is 0 Å². The monoisotopic (exact) mass is 592 g/mol. The van der Waals surface area contributed by atoms with Crippen LogP contribution in [-0.4, -0.2) is 46.6 Å². The summed E-state index contributed by atoms with van der Waals surface area (Å²) in [4.78, 5) is 71.9. The normalized spacial score (nSPS) is 31.0. The van der Waals surface area contributed by atoms with Gasteiger partial charge < -0.3 is 15.2 Å². The zero-order chi connectivity index (χ0) is 31.1. The number of benzene rings is 2. The molecule has 2 heterocycles. The average Bonchev–Trinajstić information content (AvgIpc) is 3.39. The highest BCUT2D eigenvalue weighted by Crippen LogP contribution is 2.69. The van der Waals surface area contributed by atoms with Gasteiger partial charge in [-0.1, -0.05) is 36.8 Å². The average molecular weight is 593 g/mol. The van der Waals surface area contributed by atoms with Crippen LogP contribution in [0.15, 0.2) is 59.7 Å². The Morgan fingerprint density at radius 3 is 1.63 bits per heavy atom. The van der Waals surface area contributed by atoms with Gasteiger partial charge in [0.15, 0.2) is 11.4 Å². The van der Waals surface area contributed by atoms with Gasteiger partial charge in [0.25, 0.3) is 0 Å². The number of carbonyl (C=O) groups excluding carboxylic acids is 5. The number of anilines is 2. The van der Waals surface area contributed by atoms with Gasteiger partial charge in [0.1, 0.15) is 11.4 Å². The van der Waals surface area contributed by atoms with Gasteiger partial charge in [-0.2, -0.15) is 10.5 Å². The summed E-state index contributed by atoms with van der Waals surface area (Å²) in [5.74, 6) is -9.95. The molecule has 2 bridgehead atoms. The summed E-state index contributed by atoms with van der Waals surface area (Å²) in [6.07, 6.45) is 0. The van der Waals surface area contributed by atoms with Crippen LogP contribution in [0, 0.1) is 45.4 Å². The van der Waals surface area contributed by atoms with E-state index in [0.717, 1.165) is 9.80 Å². The van der Waals surface area contributed by atoms with Crippen LogP contribution in [-0.2, 0) is 28.7 Å². The van der Waals surface area contributed by atoms with Crippen LogP contribution in [0.4, 0.5) is 22.7 Å². The van der Waals surface area contributed by atoms with Crippen LogP contribution in [0.25, 0.3) is 0 Å². The minimum Gasteiger partial charge on any atom is -0.595 e. The highest BCUT2D eigenvalue weighted by atomic mass is 16.8. The highest BCUT2D eigenvalue weighted by Gasteiger charge is 2.77. The Hall–Kier alpha value is -4.31. The van der Waals surface area contributed by atoms with Crippen molar-refractivity contribution in [3.05, 3.63) is 70.1 Å². The molecule has 14 heteroatoms. The number of imide groups is 2. The second-order valence-electron chi connectivity index (χ2n) is 11.3. The largest absolute Gasteiger partial charge is 0.595 e. The summed E-state index contributed by atoms with van der Waals surface area (Å²) in [6, 6.07) is 11.0. The van der Waals surface area contributed by atoms with Crippen LogP contribution in [0.3, 0.4) is 0 Å². The Morgan fingerprint density at radius 1 is 0.814 bits per heavy atom. The Balaban J connectivity index is 1.56. The van der Waals surface area contributed by atoms with Gasteiger partial charge in [-0.3, -0.25) is 19.2 Å². The summed E-state index contributed by atoms with van der Waals surface area (Å²) >= 11 is 0. The third-order valence-corrected chi connectivity index (χ3v) is 9.43. The van der Waals surface area contributed by atoms with Gasteiger partial charge in [0, 0.05) is 29.0 Å². The standard InChI is InChI=1S/C29H28N4O10/c1-4-43-28(38)21-13(2)18-19-22(26(36)30(24(19)34)14-9-5-7-11-16(14)32(39)40)29(21,3)23-20(18)25(35)31(27(23)37)15-10-6-8-12-17(15)33(41)42/h5-12,18-20,22-23,32-33,39,41H,4H2,1-3H3. The van der Waals surface area contributed by atoms with Gasteiger partial charge in [-0.15, -0.1) is 0 Å². The minimum absolute atomic E-state index is 0.0193. The van der Waals surface area contributed by atoms with E-state index in [-0.39, 0.29) is 34.9 Å². The Morgan fingerprint density at radius 2 is 1.23 bits per heavy atom. The first kappa shape index (κ1) is 28.8. The summed E-state index contributed by atoms with van der Waals surface area (Å²) in [7, 11) is 0. The van der Waals surface area contributed by atoms with Gasteiger partial charge in [0.2, 0.25) is 23.6 Å². The van der Waals surface area contributed by atoms with Crippen molar-refractivity contribution in [2.75, 3.05) is 16.4 Å². The molecule has 3 fully saturated rings. The fourth-order valence-electron chi connectivity index (χ4n) is 7.98. The van der Waals surface area contributed by atoms with Crippen molar-refractivity contribution in [2.24, 2.45) is 35.0 Å². The van der Waals surface area contributed by atoms with Crippen molar-refractivity contribution in [3.8, 4) is 0 Å². The molecule has 0 radical (unpaired) electrons. The Labute approximate surface area is 244 Å². The molecule has 14 nitrogen and oxygen atoms in total. The predicted octanol–water partition coefficient (Wildman–Crippen LogP) is -0.0659. The molecule has 3 aliphatic carbocycles. The molecule has 6 atom stereocenters. The number of carbonyl (C=O) groups is 5. The molecule has 5 aliphatic rings. The maximum Gasteiger partial charge on any atom is 0.334 e. The highest BCUT2D eigenvalue weighted by molar-refractivity contribution is 6.28. The molecule has 2 aromatic carbocycles. The maximum atomic E-state index is 14.3.